The average Bonchev–Trinajstić information content (AvgIpc) is 2.67. The second-order valence-corrected chi connectivity index (χ2v) is 6.31. The fourth-order valence-electron chi connectivity index (χ4n) is 2.82. The summed E-state index contributed by atoms with van der Waals surface area (Å²) in [6, 6.07) is 26.8. The van der Waals surface area contributed by atoms with E-state index in [0.717, 1.165) is 23.6 Å². The van der Waals surface area contributed by atoms with Gasteiger partial charge >= 0.3 is 0 Å². The Morgan fingerprint density at radius 3 is 2.12 bits per heavy atom. The van der Waals surface area contributed by atoms with E-state index < -0.39 is 0 Å². The quantitative estimate of drug-likeness (QED) is 0.500. The van der Waals surface area contributed by atoms with Crippen molar-refractivity contribution in [3.05, 3.63) is 107 Å². The molecule has 126 valence electrons. The molecular weight excluding hydrogens is 328 g/mol. The Bertz CT molecular complexity index is 818. The predicted octanol–water partition coefficient (Wildman–Crippen LogP) is 6.41. The van der Waals surface area contributed by atoms with E-state index in [1.807, 2.05) is 30.3 Å². The molecule has 25 heavy (non-hydrogen) atoms. The van der Waals surface area contributed by atoms with Crippen molar-refractivity contribution in [1.82, 2.24) is 0 Å². The van der Waals surface area contributed by atoms with Crippen LogP contribution in [0.2, 0.25) is 5.02 Å². The van der Waals surface area contributed by atoms with Crippen LogP contribution in [-0.2, 0) is 6.42 Å². The number of aryl methyl sites for hydroxylation is 1. The monoisotopic (exact) mass is 348 g/mol. The average molecular weight is 349 g/mol. The normalized spacial score (nSPS) is 11.4. The van der Waals surface area contributed by atoms with E-state index in [1.165, 1.54) is 22.3 Å². The van der Waals surface area contributed by atoms with Gasteiger partial charge < -0.3 is 4.74 Å². The summed E-state index contributed by atoms with van der Waals surface area (Å²) in [5.41, 5.74) is 4.95. The van der Waals surface area contributed by atoms with Crippen molar-refractivity contribution in [1.29, 1.82) is 0 Å². The number of methoxy groups -OCH3 is 1. The summed E-state index contributed by atoms with van der Waals surface area (Å²) in [6.45, 7) is 0. The maximum atomic E-state index is 6.04. The number of rotatable bonds is 6. The fourth-order valence-corrected chi connectivity index (χ4v) is 2.95. The highest BCUT2D eigenvalue weighted by atomic mass is 35.5. The predicted molar refractivity (Wildman–Crippen MR) is 106 cm³/mol. The summed E-state index contributed by atoms with van der Waals surface area (Å²) in [5.74, 6) is 0.894. The molecule has 0 saturated carbocycles. The number of hydrogen-bond donors (Lipinski definition) is 0. The number of allylic oxidation sites excluding steroid dienone is 1. The maximum Gasteiger partial charge on any atom is 0.118 e. The van der Waals surface area contributed by atoms with Crippen LogP contribution in [0.5, 0.6) is 5.75 Å². The SMILES string of the molecule is COc1ccc(CC/C=C(\c2ccccc2)c2ccc(Cl)cc2)cc1. The number of halogens is 1. The molecule has 3 aromatic rings. The standard InChI is InChI=1S/C23H21ClO/c1-25-22-16-10-18(11-17-22)6-5-9-23(19-7-3-2-4-8-19)20-12-14-21(24)15-13-20/h2-4,7-17H,5-6H2,1H3/b23-9+. The molecule has 0 bridgehead atoms. The van der Waals surface area contributed by atoms with Gasteiger partial charge in [0.15, 0.2) is 0 Å². The zero-order valence-electron chi connectivity index (χ0n) is 14.3. The van der Waals surface area contributed by atoms with Gasteiger partial charge in [0.1, 0.15) is 5.75 Å². The van der Waals surface area contributed by atoms with Gasteiger partial charge in [-0.3, -0.25) is 0 Å². The smallest absolute Gasteiger partial charge is 0.118 e. The van der Waals surface area contributed by atoms with Crippen LogP contribution in [0.25, 0.3) is 5.57 Å². The Morgan fingerprint density at radius 1 is 0.840 bits per heavy atom. The van der Waals surface area contributed by atoms with Crippen LogP contribution in [0.4, 0.5) is 0 Å². The lowest BCUT2D eigenvalue weighted by Crippen LogP contribution is -1.90. The highest BCUT2D eigenvalue weighted by molar-refractivity contribution is 6.30. The van der Waals surface area contributed by atoms with E-state index in [4.69, 9.17) is 16.3 Å². The zero-order valence-corrected chi connectivity index (χ0v) is 15.0. The minimum atomic E-state index is 0.759. The van der Waals surface area contributed by atoms with Gasteiger partial charge in [0.25, 0.3) is 0 Å². The zero-order chi connectivity index (χ0) is 17.5. The summed E-state index contributed by atoms with van der Waals surface area (Å²) >= 11 is 6.04. The molecule has 0 aliphatic heterocycles. The van der Waals surface area contributed by atoms with Crippen LogP contribution < -0.4 is 4.74 Å². The summed E-state index contributed by atoms with van der Waals surface area (Å²) in [6.07, 6.45) is 4.27. The van der Waals surface area contributed by atoms with Gasteiger partial charge in [-0.05, 0) is 59.4 Å². The highest BCUT2D eigenvalue weighted by Crippen LogP contribution is 2.25. The number of ether oxygens (including phenoxy) is 1. The Labute approximate surface area is 154 Å². The van der Waals surface area contributed by atoms with Crippen LogP contribution in [0.1, 0.15) is 23.1 Å². The minimum absolute atomic E-state index is 0.759. The molecule has 0 N–H and O–H groups in total. The fraction of sp³-hybridized carbons (Fsp3) is 0.130. The third kappa shape index (κ3) is 4.74. The molecule has 0 aliphatic rings. The third-order valence-corrected chi connectivity index (χ3v) is 4.43. The van der Waals surface area contributed by atoms with Gasteiger partial charge in [0.2, 0.25) is 0 Å². The molecular formula is C23H21ClO. The highest BCUT2D eigenvalue weighted by Gasteiger charge is 2.05. The number of hydrogen-bond acceptors (Lipinski definition) is 1. The third-order valence-electron chi connectivity index (χ3n) is 4.18. The van der Waals surface area contributed by atoms with Gasteiger partial charge in [-0.1, -0.05) is 72.3 Å². The maximum absolute atomic E-state index is 6.04. The Kier molecular flexibility index (Phi) is 5.92. The van der Waals surface area contributed by atoms with E-state index in [0.29, 0.717) is 0 Å². The van der Waals surface area contributed by atoms with Gasteiger partial charge in [-0.2, -0.15) is 0 Å². The first-order valence-corrected chi connectivity index (χ1v) is 8.78. The molecule has 3 aromatic carbocycles. The van der Waals surface area contributed by atoms with Crippen molar-refractivity contribution in [2.75, 3.05) is 7.11 Å². The summed E-state index contributed by atoms with van der Waals surface area (Å²) in [7, 11) is 1.69. The summed E-state index contributed by atoms with van der Waals surface area (Å²) in [4.78, 5) is 0. The second kappa shape index (κ2) is 8.55. The molecule has 0 saturated heterocycles. The first-order chi connectivity index (χ1) is 12.3. The van der Waals surface area contributed by atoms with E-state index in [9.17, 15) is 0 Å². The lowest BCUT2D eigenvalue weighted by molar-refractivity contribution is 0.414. The topological polar surface area (TPSA) is 9.23 Å². The van der Waals surface area contributed by atoms with E-state index >= 15 is 0 Å². The van der Waals surface area contributed by atoms with Gasteiger partial charge in [-0.15, -0.1) is 0 Å². The van der Waals surface area contributed by atoms with Gasteiger partial charge in [0, 0.05) is 5.02 Å². The molecule has 3 rings (SSSR count). The molecule has 0 spiro atoms. The van der Waals surface area contributed by atoms with Crippen molar-refractivity contribution in [2.45, 2.75) is 12.8 Å². The largest absolute Gasteiger partial charge is 0.497 e. The van der Waals surface area contributed by atoms with Crippen LogP contribution >= 0.6 is 11.6 Å². The minimum Gasteiger partial charge on any atom is -0.497 e. The molecule has 2 heteroatoms. The van der Waals surface area contributed by atoms with Crippen molar-refractivity contribution in [3.8, 4) is 5.75 Å². The second-order valence-electron chi connectivity index (χ2n) is 5.88. The molecule has 0 amide bonds. The molecule has 0 aromatic heterocycles. The molecule has 1 nitrogen and oxygen atoms in total. The first-order valence-electron chi connectivity index (χ1n) is 8.41. The van der Waals surface area contributed by atoms with Crippen LogP contribution in [-0.4, -0.2) is 7.11 Å². The Morgan fingerprint density at radius 2 is 1.48 bits per heavy atom. The van der Waals surface area contributed by atoms with Crippen molar-refractivity contribution in [2.24, 2.45) is 0 Å². The summed E-state index contributed by atoms with van der Waals surface area (Å²) in [5, 5.41) is 0.759. The lowest BCUT2D eigenvalue weighted by Gasteiger charge is -2.09. The molecule has 0 fully saturated rings. The van der Waals surface area contributed by atoms with Crippen LogP contribution in [0, 0.1) is 0 Å². The van der Waals surface area contributed by atoms with Gasteiger partial charge in [0.05, 0.1) is 7.11 Å². The van der Waals surface area contributed by atoms with Crippen molar-refractivity contribution >= 4 is 17.2 Å². The van der Waals surface area contributed by atoms with E-state index in [1.54, 1.807) is 7.11 Å². The van der Waals surface area contributed by atoms with E-state index in [-0.39, 0.29) is 0 Å². The van der Waals surface area contributed by atoms with Crippen molar-refractivity contribution in [3.63, 3.8) is 0 Å². The molecule has 0 heterocycles. The molecule has 0 atom stereocenters. The lowest BCUT2D eigenvalue weighted by atomic mass is 9.96. The van der Waals surface area contributed by atoms with Crippen LogP contribution in [0.15, 0.2) is 84.9 Å². The van der Waals surface area contributed by atoms with Gasteiger partial charge in [-0.25, -0.2) is 0 Å². The number of benzene rings is 3. The van der Waals surface area contributed by atoms with Crippen molar-refractivity contribution < 1.29 is 4.74 Å². The first kappa shape index (κ1) is 17.3. The summed E-state index contributed by atoms with van der Waals surface area (Å²) < 4.78 is 5.21. The molecule has 0 aliphatic carbocycles. The van der Waals surface area contributed by atoms with E-state index in [2.05, 4.69) is 54.6 Å². The molecule has 0 unspecified atom stereocenters. The Balaban J connectivity index is 1.81. The Hall–Kier alpha value is -2.51. The molecule has 0 radical (unpaired) electrons. The van der Waals surface area contributed by atoms with Crippen LogP contribution in [0.3, 0.4) is 0 Å².